The van der Waals surface area contributed by atoms with Gasteiger partial charge in [0.25, 0.3) is 5.56 Å². The van der Waals surface area contributed by atoms with Crippen LogP contribution in [0.4, 0.5) is 5.95 Å². The van der Waals surface area contributed by atoms with E-state index in [2.05, 4.69) is 25.6 Å². The first-order valence-electron chi connectivity index (χ1n) is 10.1. The van der Waals surface area contributed by atoms with Crippen molar-refractivity contribution in [1.29, 1.82) is 0 Å². The Bertz CT molecular complexity index is 1600. The molecular formula is C24H18N6O3. The average Bonchev–Trinajstić information content (AvgIpc) is 3.22. The monoisotopic (exact) mass is 438 g/mol. The fourth-order valence-electron chi connectivity index (χ4n) is 3.43. The zero-order chi connectivity index (χ0) is 22.8. The van der Waals surface area contributed by atoms with E-state index in [0.29, 0.717) is 28.1 Å². The van der Waals surface area contributed by atoms with Gasteiger partial charge in [-0.2, -0.15) is 10.2 Å². The molecule has 162 valence electrons. The summed E-state index contributed by atoms with van der Waals surface area (Å²) in [6, 6.07) is 19.9. The van der Waals surface area contributed by atoms with E-state index >= 15 is 0 Å². The molecule has 3 aromatic heterocycles. The average molecular weight is 438 g/mol. The number of benzene rings is 2. The lowest BCUT2D eigenvalue weighted by Gasteiger charge is -2.02. The van der Waals surface area contributed by atoms with Crippen molar-refractivity contribution in [1.82, 2.24) is 19.7 Å². The maximum atomic E-state index is 12.8. The Balaban J connectivity index is 1.59. The maximum absolute atomic E-state index is 12.8. The third-order valence-corrected chi connectivity index (χ3v) is 4.90. The van der Waals surface area contributed by atoms with E-state index < -0.39 is 5.63 Å². The Morgan fingerprint density at radius 2 is 1.85 bits per heavy atom. The van der Waals surface area contributed by atoms with Gasteiger partial charge in [-0.05, 0) is 31.2 Å². The molecule has 0 spiro atoms. The van der Waals surface area contributed by atoms with Gasteiger partial charge in [-0.25, -0.2) is 19.9 Å². The molecule has 0 atom stereocenters. The van der Waals surface area contributed by atoms with Crippen molar-refractivity contribution < 1.29 is 4.42 Å². The van der Waals surface area contributed by atoms with Crippen LogP contribution < -0.4 is 16.6 Å². The van der Waals surface area contributed by atoms with Crippen LogP contribution in [0.1, 0.15) is 11.3 Å². The number of rotatable bonds is 5. The third-order valence-electron chi connectivity index (χ3n) is 4.90. The predicted molar refractivity (Wildman–Crippen MR) is 126 cm³/mol. The summed E-state index contributed by atoms with van der Waals surface area (Å²) in [4.78, 5) is 31.2. The molecule has 0 aliphatic heterocycles. The SMILES string of the molecule is Cc1cc(=O)[nH]c(N/N=C/c2cn(-c3ccccc3)nc2-c2cc3ccccc3oc2=O)n1. The number of aromatic amines is 1. The smallest absolute Gasteiger partial charge is 0.345 e. The minimum Gasteiger partial charge on any atom is -0.422 e. The second-order valence-corrected chi connectivity index (χ2v) is 7.30. The highest BCUT2D eigenvalue weighted by Crippen LogP contribution is 2.23. The molecule has 0 bridgehead atoms. The molecule has 0 fully saturated rings. The number of hydrogen-bond acceptors (Lipinski definition) is 7. The van der Waals surface area contributed by atoms with E-state index in [4.69, 9.17) is 4.42 Å². The molecule has 2 aromatic carbocycles. The fraction of sp³-hybridized carbons (Fsp3) is 0.0417. The highest BCUT2D eigenvalue weighted by molar-refractivity contribution is 5.91. The molecule has 0 aliphatic carbocycles. The largest absolute Gasteiger partial charge is 0.422 e. The Morgan fingerprint density at radius 3 is 2.67 bits per heavy atom. The van der Waals surface area contributed by atoms with Crippen LogP contribution in [0.5, 0.6) is 0 Å². The standard InChI is InChI=1S/C24H18N6O3/c1-15-11-21(31)27-24(26-15)28-25-13-17-14-30(18-8-3-2-4-9-18)29-22(17)19-12-16-7-5-6-10-20(16)33-23(19)32/h2-14H,1H3,(H2,26,27,28,31)/b25-13+. The van der Waals surface area contributed by atoms with Crippen LogP contribution in [-0.4, -0.2) is 26.0 Å². The molecule has 3 heterocycles. The number of aryl methyl sites for hydroxylation is 1. The highest BCUT2D eigenvalue weighted by atomic mass is 16.4. The van der Waals surface area contributed by atoms with Crippen LogP contribution in [0.2, 0.25) is 0 Å². The summed E-state index contributed by atoms with van der Waals surface area (Å²) in [6.07, 6.45) is 3.27. The summed E-state index contributed by atoms with van der Waals surface area (Å²) >= 11 is 0. The summed E-state index contributed by atoms with van der Waals surface area (Å²) in [5.74, 6) is 0.207. The van der Waals surface area contributed by atoms with Crippen molar-refractivity contribution in [3.63, 3.8) is 0 Å². The fourth-order valence-corrected chi connectivity index (χ4v) is 3.43. The quantitative estimate of drug-likeness (QED) is 0.246. The second kappa shape index (κ2) is 8.39. The summed E-state index contributed by atoms with van der Waals surface area (Å²) in [5, 5.41) is 9.60. The summed E-state index contributed by atoms with van der Waals surface area (Å²) < 4.78 is 7.17. The van der Waals surface area contributed by atoms with Crippen LogP contribution in [0.25, 0.3) is 27.9 Å². The molecular weight excluding hydrogens is 420 g/mol. The molecule has 2 N–H and O–H groups in total. The Hall–Kier alpha value is -4.79. The minimum atomic E-state index is -0.501. The van der Waals surface area contributed by atoms with E-state index in [9.17, 15) is 9.59 Å². The maximum Gasteiger partial charge on any atom is 0.345 e. The van der Waals surface area contributed by atoms with E-state index in [1.54, 1.807) is 29.9 Å². The summed E-state index contributed by atoms with van der Waals surface area (Å²) in [5.41, 5.74) is 5.10. The van der Waals surface area contributed by atoms with Crippen LogP contribution in [0.3, 0.4) is 0 Å². The first kappa shape index (κ1) is 20.1. The first-order valence-corrected chi connectivity index (χ1v) is 10.1. The van der Waals surface area contributed by atoms with Crippen molar-refractivity contribution in [2.75, 3.05) is 5.43 Å². The number of aromatic nitrogens is 4. The Labute approximate surface area is 187 Å². The lowest BCUT2D eigenvalue weighted by molar-refractivity contribution is 0.563. The van der Waals surface area contributed by atoms with Gasteiger partial charge in [0.2, 0.25) is 5.95 Å². The third kappa shape index (κ3) is 4.19. The van der Waals surface area contributed by atoms with E-state index in [1.807, 2.05) is 48.5 Å². The van der Waals surface area contributed by atoms with Crippen molar-refractivity contribution in [3.05, 3.63) is 105 Å². The van der Waals surface area contributed by atoms with Crippen molar-refractivity contribution >= 4 is 23.1 Å². The van der Waals surface area contributed by atoms with Crippen molar-refractivity contribution in [2.45, 2.75) is 6.92 Å². The van der Waals surface area contributed by atoms with Crippen molar-refractivity contribution in [2.24, 2.45) is 5.10 Å². The van der Waals surface area contributed by atoms with E-state index in [-0.39, 0.29) is 11.5 Å². The number of nitrogens with one attached hydrogen (secondary N) is 2. The second-order valence-electron chi connectivity index (χ2n) is 7.30. The van der Waals surface area contributed by atoms with Crippen LogP contribution in [0.15, 0.2) is 92.0 Å². The molecule has 9 nitrogen and oxygen atoms in total. The highest BCUT2D eigenvalue weighted by Gasteiger charge is 2.16. The lowest BCUT2D eigenvalue weighted by Crippen LogP contribution is -2.10. The van der Waals surface area contributed by atoms with Gasteiger partial charge in [-0.1, -0.05) is 36.4 Å². The molecule has 33 heavy (non-hydrogen) atoms. The van der Waals surface area contributed by atoms with Gasteiger partial charge in [0, 0.05) is 28.9 Å². The van der Waals surface area contributed by atoms with Gasteiger partial charge >= 0.3 is 5.63 Å². The number of para-hydroxylation sites is 2. The number of hydrazone groups is 1. The van der Waals surface area contributed by atoms with Gasteiger partial charge in [-0.3, -0.25) is 9.78 Å². The topological polar surface area (TPSA) is 118 Å². The van der Waals surface area contributed by atoms with Gasteiger partial charge in [0.1, 0.15) is 11.3 Å². The first-order chi connectivity index (χ1) is 16.1. The van der Waals surface area contributed by atoms with Gasteiger partial charge in [0.15, 0.2) is 0 Å². The lowest BCUT2D eigenvalue weighted by atomic mass is 10.1. The molecule has 9 heteroatoms. The predicted octanol–water partition coefficient (Wildman–Crippen LogP) is 3.48. The van der Waals surface area contributed by atoms with Gasteiger partial charge in [-0.15, -0.1) is 0 Å². The number of hydrogen-bond donors (Lipinski definition) is 2. The number of anilines is 1. The van der Waals surface area contributed by atoms with Crippen LogP contribution >= 0.6 is 0 Å². The molecule has 5 aromatic rings. The molecule has 5 rings (SSSR count). The number of H-pyrrole nitrogens is 1. The Kier molecular flexibility index (Phi) is 5.12. The van der Waals surface area contributed by atoms with Crippen LogP contribution in [0, 0.1) is 6.92 Å². The molecule has 0 amide bonds. The normalized spacial score (nSPS) is 11.3. The van der Waals surface area contributed by atoms with Crippen LogP contribution in [-0.2, 0) is 0 Å². The minimum absolute atomic E-state index is 0.207. The van der Waals surface area contributed by atoms with E-state index in [1.165, 1.54) is 12.3 Å². The van der Waals surface area contributed by atoms with Crippen molar-refractivity contribution in [3.8, 4) is 16.9 Å². The van der Waals surface area contributed by atoms with Gasteiger partial charge < -0.3 is 4.42 Å². The molecule has 0 saturated carbocycles. The molecule has 0 saturated heterocycles. The molecule has 0 aliphatic rings. The number of nitrogens with zero attached hydrogens (tertiary/aromatic N) is 4. The number of fused-ring (bicyclic) bond motifs is 1. The van der Waals surface area contributed by atoms with E-state index in [0.717, 1.165) is 11.1 Å². The molecule has 0 unspecified atom stereocenters. The Morgan fingerprint density at radius 1 is 1.06 bits per heavy atom. The zero-order valence-corrected chi connectivity index (χ0v) is 17.5. The summed E-state index contributed by atoms with van der Waals surface area (Å²) in [6.45, 7) is 1.71. The van der Waals surface area contributed by atoms with Gasteiger partial charge in [0.05, 0.1) is 17.5 Å². The zero-order valence-electron chi connectivity index (χ0n) is 17.5. The summed E-state index contributed by atoms with van der Waals surface area (Å²) in [7, 11) is 0. The molecule has 0 radical (unpaired) electrons.